The lowest BCUT2D eigenvalue weighted by atomic mass is 10.2. The van der Waals surface area contributed by atoms with Crippen molar-refractivity contribution >= 4 is 34.5 Å². The first-order chi connectivity index (χ1) is 18.9. The molecule has 2 N–H and O–H groups in total. The maximum absolute atomic E-state index is 5.71. The summed E-state index contributed by atoms with van der Waals surface area (Å²) in [7, 11) is 0. The number of ether oxygens (including phenoxy) is 1. The molecule has 0 saturated carbocycles. The van der Waals surface area contributed by atoms with Crippen LogP contribution in [0, 0.1) is 0 Å². The lowest BCUT2D eigenvalue weighted by Gasteiger charge is -2.20. The lowest BCUT2D eigenvalue weighted by Crippen LogP contribution is -2.01. The number of aromatic nitrogens is 2. The molecule has 8 rings (SSSR count). The van der Waals surface area contributed by atoms with Crippen LogP contribution in [0.1, 0.15) is 0 Å². The van der Waals surface area contributed by atoms with Crippen molar-refractivity contribution in [1.29, 1.82) is 0 Å². The number of para-hydroxylation sites is 6. The van der Waals surface area contributed by atoms with Crippen molar-refractivity contribution in [3.05, 3.63) is 134 Å². The molecule has 4 heterocycles. The Balaban J connectivity index is 0.000000115. The summed E-state index contributed by atoms with van der Waals surface area (Å²) in [5.41, 5.74) is 4.45. The number of rotatable bonds is 0. The fourth-order valence-electron chi connectivity index (χ4n) is 3.51. The fraction of sp³-hybridized carbons (Fsp3) is 0. The van der Waals surface area contributed by atoms with Crippen LogP contribution in [0.5, 0.6) is 11.5 Å². The van der Waals surface area contributed by atoms with E-state index in [1.165, 1.54) is 40.1 Å². The van der Waals surface area contributed by atoms with E-state index in [2.05, 4.69) is 78.2 Å². The van der Waals surface area contributed by atoms with Crippen molar-refractivity contribution in [2.24, 2.45) is 0 Å². The fourth-order valence-corrected chi connectivity index (χ4v) is 4.50. The van der Waals surface area contributed by atoms with E-state index >= 15 is 0 Å². The van der Waals surface area contributed by atoms with Gasteiger partial charge in [0.25, 0.3) is 0 Å². The molecule has 7 nitrogen and oxygen atoms in total. The molecule has 0 amide bonds. The van der Waals surface area contributed by atoms with Crippen LogP contribution in [0.2, 0.25) is 0 Å². The summed E-state index contributed by atoms with van der Waals surface area (Å²) in [4.78, 5) is 6.15. The molecule has 2 aromatic heterocycles. The zero-order valence-corrected chi connectivity index (χ0v) is 21.0. The van der Waals surface area contributed by atoms with Crippen LogP contribution in [0.25, 0.3) is 0 Å². The van der Waals surface area contributed by atoms with Gasteiger partial charge in [-0.3, -0.25) is 0 Å². The van der Waals surface area contributed by atoms with Crippen LogP contribution in [0.3, 0.4) is 0 Å². The predicted octanol–water partition coefficient (Wildman–Crippen LogP) is 8.78. The maximum atomic E-state index is 5.71. The van der Waals surface area contributed by atoms with Crippen LogP contribution in [-0.2, 0) is 0 Å². The Morgan fingerprint density at radius 2 is 1.11 bits per heavy atom. The van der Waals surface area contributed by atoms with Crippen molar-refractivity contribution in [3.8, 4) is 11.5 Å². The Hall–Kier alpha value is -4.95. The molecule has 0 aliphatic carbocycles. The van der Waals surface area contributed by atoms with Crippen LogP contribution in [0.4, 0.5) is 22.7 Å². The Morgan fingerprint density at radius 1 is 0.553 bits per heavy atom. The number of oxazole rings is 1. The third-order valence-electron chi connectivity index (χ3n) is 5.22. The van der Waals surface area contributed by atoms with E-state index in [4.69, 9.17) is 4.74 Å². The quantitative estimate of drug-likeness (QED) is 0.205. The molecule has 2 aliphatic heterocycles. The van der Waals surface area contributed by atoms with Crippen LogP contribution >= 0.6 is 11.8 Å². The SMILES string of the molecule is c1ccc2c(c1)Nc1ccccc1O2.c1ccc2c(c1)Nc1ccccc1S2.c1cnoc1.c1cocn1. The smallest absolute Gasteiger partial charge is 0.180 e. The van der Waals surface area contributed by atoms with E-state index in [1.807, 2.05) is 60.3 Å². The number of nitrogens with one attached hydrogen (secondary N) is 2. The third kappa shape index (κ3) is 6.63. The van der Waals surface area contributed by atoms with Gasteiger partial charge in [0.15, 0.2) is 17.9 Å². The monoisotopic (exact) mass is 520 g/mol. The topological polar surface area (TPSA) is 85.4 Å². The molecule has 0 bridgehead atoms. The van der Waals surface area contributed by atoms with Crippen LogP contribution in [0.15, 0.2) is 153 Å². The highest BCUT2D eigenvalue weighted by molar-refractivity contribution is 7.99. The minimum Gasteiger partial charge on any atom is -0.453 e. The molecule has 0 radical (unpaired) electrons. The molecule has 38 heavy (non-hydrogen) atoms. The molecule has 8 heteroatoms. The first-order valence-corrected chi connectivity index (χ1v) is 12.6. The molecule has 0 fully saturated rings. The van der Waals surface area contributed by atoms with Crippen molar-refractivity contribution in [2.75, 3.05) is 10.6 Å². The van der Waals surface area contributed by atoms with E-state index < -0.39 is 0 Å². The molecule has 0 unspecified atom stereocenters. The van der Waals surface area contributed by atoms with E-state index in [9.17, 15) is 0 Å². The molecule has 6 aromatic rings. The second-order valence-electron chi connectivity index (χ2n) is 7.80. The van der Waals surface area contributed by atoms with Gasteiger partial charge in [0.2, 0.25) is 0 Å². The van der Waals surface area contributed by atoms with Gasteiger partial charge in [0, 0.05) is 9.79 Å². The number of nitrogens with zero attached hydrogens (tertiary/aromatic N) is 2. The second-order valence-corrected chi connectivity index (χ2v) is 8.89. The van der Waals surface area contributed by atoms with Gasteiger partial charge in [-0.25, -0.2) is 4.98 Å². The molecule has 4 aromatic carbocycles. The molecular weight excluding hydrogens is 496 g/mol. The van der Waals surface area contributed by atoms with Crippen LogP contribution < -0.4 is 15.4 Å². The summed E-state index contributed by atoms with van der Waals surface area (Å²) in [6.07, 6.45) is 7.57. The predicted molar refractivity (Wildman–Crippen MR) is 150 cm³/mol. The van der Waals surface area contributed by atoms with Crippen molar-refractivity contribution in [2.45, 2.75) is 9.79 Å². The summed E-state index contributed by atoms with van der Waals surface area (Å²) < 4.78 is 14.5. The highest BCUT2D eigenvalue weighted by Gasteiger charge is 2.14. The van der Waals surface area contributed by atoms with Gasteiger partial charge in [-0.1, -0.05) is 65.4 Å². The molecule has 0 spiro atoms. The zero-order chi connectivity index (χ0) is 25.8. The van der Waals surface area contributed by atoms with Gasteiger partial charge in [-0.15, -0.1) is 0 Å². The number of hydrogen-bond acceptors (Lipinski definition) is 8. The standard InChI is InChI=1S/C12H9NO.C12H9NS.2C3H3NO/c2*1-3-7-11-9(5-1)13-10-6-2-4-8-12(10)14-11;1-2-5-3-4-1;1-2-4-5-3-1/h2*1-8,13H;2*1-3H. The number of fused-ring (bicyclic) bond motifs is 4. The highest BCUT2D eigenvalue weighted by Crippen LogP contribution is 2.43. The number of benzene rings is 4. The van der Waals surface area contributed by atoms with Crippen molar-refractivity contribution < 1.29 is 13.7 Å². The largest absolute Gasteiger partial charge is 0.453 e. The van der Waals surface area contributed by atoms with E-state index in [-0.39, 0.29) is 0 Å². The van der Waals surface area contributed by atoms with Gasteiger partial charge in [0.1, 0.15) is 12.5 Å². The summed E-state index contributed by atoms with van der Waals surface area (Å²) in [5, 5.41) is 10.1. The first kappa shape index (κ1) is 24.7. The Morgan fingerprint density at radius 3 is 1.55 bits per heavy atom. The molecule has 2 aliphatic rings. The summed E-state index contributed by atoms with van der Waals surface area (Å²) in [6, 6.07) is 34.3. The molecular formula is C30H24N4O3S. The summed E-state index contributed by atoms with van der Waals surface area (Å²) in [6.45, 7) is 0. The van der Waals surface area contributed by atoms with Gasteiger partial charge in [0.05, 0.1) is 35.1 Å². The highest BCUT2D eigenvalue weighted by atomic mass is 32.2. The van der Waals surface area contributed by atoms with E-state index in [0.29, 0.717) is 0 Å². The Kier molecular flexibility index (Phi) is 8.36. The molecule has 0 saturated heterocycles. The minimum absolute atomic E-state index is 0.881. The van der Waals surface area contributed by atoms with Gasteiger partial charge >= 0.3 is 0 Å². The lowest BCUT2D eigenvalue weighted by molar-refractivity contribution is 0.420. The average Bonchev–Trinajstić information content (AvgIpc) is 3.75. The van der Waals surface area contributed by atoms with Gasteiger partial charge in [-0.05, 0) is 54.6 Å². The third-order valence-corrected chi connectivity index (χ3v) is 6.37. The minimum atomic E-state index is 0.881. The van der Waals surface area contributed by atoms with Crippen molar-refractivity contribution in [1.82, 2.24) is 10.1 Å². The number of hydrogen-bond donors (Lipinski definition) is 2. The van der Waals surface area contributed by atoms with E-state index in [1.54, 1.807) is 18.5 Å². The van der Waals surface area contributed by atoms with Gasteiger partial charge < -0.3 is 24.3 Å². The maximum Gasteiger partial charge on any atom is 0.180 e. The Bertz CT molecular complexity index is 1210. The molecule has 188 valence electrons. The van der Waals surface area contributed by atoms with E-state index in [0.717, 1.165) is 22.9 Å². The summed E-state index contributed by atoms with van der Waals surface area (Å²) in [5.74, 6) is 1.76. The average molecular weight is 521 g/mol. The normalized spacial score (nSPS) is 11.2. The van der Waals surface area contributed by atoms with Crippen molar-refractivity contribution in [3.63, 3.8) is 0 Å². The van der Waals surface area contributed by atoms with Crippen LogP contribution in [-0.4, -0.2) is 10.1 Å². The summed E-state index contributed by atoms with van der Waals surface area (Å²) >= 11 is 1.82. The first-order valence-electron chi connectivity index (χ1n) is 11.8. The Labute approximate surface area is 224 Å². The second kappa shape index (κ2) is 12.8. The zero-order valence-electron chi connectivity index (χ0n) is 20.2. The molecule has 0 atom stereocenters. The van der Waals surface area contributed by atoms with Gasteiger partial charge in [-0.2, -0.15) is 0 Å². The number of anilines is 4.